The number of rotatable bonds is 2. The Balaban J connectivity index is 2.25. The molecular weight excluding hydrogens is 212 g/mol. The molecule has 2 saturated carbocycles. The number of hydrogen-bond acceptors (Lipinski definition) is 3. The van der Waals surface area contributed by atoms with Crippen molar-refractivity contribution in [3.05, 3.63) is 12.2 Å². The molecule has 0 aromatic rings. The molecular formula is C11H18O3S. The van der Waals surface area contributed by atoms with Crippen LogP contribution in [0.15, 0.2) is 12.2 Å². The van der Waals surface area contributed by atoms with Gasteiger partial charge in [0.2, 0.25) is 0 Å². The fourth-order valence-corrected chi connectivity index (χ4v) is 3.79. The maximum Gasteiger partial charge on any atom is 0.265 e. The molecule has 2 aliphatic rings. The van der Waals surface area contributed by atoms with Gasteiger partial charge in [-0.2, -0.15) is 8.42 Å². The van der Waals surface area contributed by atoms with Gasteiger partial charge in [-0.1, -0.05) is 13.0 Å². The molecule has 4 heteroatoms. The molecule has 2 rings (SSSR count). The third kappa shape index (κ3) is 2.26. The second kappa shape index (κ2) is 3.59. The second-order valence-corrected chi connectivity index (χ2v) is 6.46. The summed E-state index contributed by atoms with van der Waals surface area (Å²) < 4.78 is 27.9. The topological polar surface area (TPSA) is 43.4 Å². The van der Waals surface area contributed by atoms with Crippen molar-refractivity contribution in [3.8, 4) is 0 Å². The Bertz CT molecular complexity index is 371. The van der Waals surface area contributed by atoms with Gasteiger partial charge in [-0.15, -0.1) is 0 Å². The average molecular weight is 230 g/mol. The Kier molecular flexibility index (Phi) is 2.67. The highest BCUT2D eigenvalue weighted by Crippen LogP contribution is 2.48. The van der Waals surface area contributed by atoms with Crippen LogP contribution in [0.3, 0.4) is 0 Å². The Labute approximate surface area is 91.6 Å². The smallest absolute Gasteiger partial charge is 0.259 e. The Morgan fingerprint density at radius 2 is 2.20 bits per heavy atom. The zero-order valence-corrected chi connectivity index (χ0v) is 9.98. The molecule has 2 atom stereocenters. The lowest BCUT2D eigenvalue weighted by atomic mass is 9.67. The van der Waals surface area contributed by atoms with Crippen LogP contribution in [0.1, 0.15) is 38.5 Å². The molecule has 0 N–H and O–H groups in total. The molecule has 0 heterocycles. The van der Waals surface area contributed by atoms with Gasteiger partial charge in [0.1, 0.15) is 5.60 Å². The van der Waals surface area contributed by atoms with Crippen molar-refractivity contribution in [2.45, 2.75) is 44.1 Å². The van der Waals surface area contributed by atoms with Crippen LogP contribution in [0.5, 0.6) is 0 Å². The maximum atomic E-state index is 11.3. The summed E-state index contributed by atoms with van der Waals surface area (Å²) in [5.41, 5.74) is 0.415. The van der Waals surface area contributed by atoms with E-state index in [1.54, 1.807) is 0 Å². The molecule has 0 aromatic heterocycles. The predicted octanol–water partition coefficient (Wildman–Crippen LogP) is 2.24. The van der Waals surface area contributed by atoms with Gasteiger partial charge in [0.25, 0.3) is 10.1 Å². The summed E-state index contributed by atoms with van der Waals surface area (Å²) in [6.07, 6.45) is 7.12. The van der Waals surface area contributed by atoms with Gasteiger partial charge in [-0.25, -0.2) is 0 Å². The minimum Gasteiger partial charge on any atom is -0.259 e. The molecule has 3 nitrogen and oxygen atoms in total. The normalized spacial score (nSPS) is 36.6. The fraction of sp³-hybridized carbons (Fsp3) is 0.818. The molecule has 2 unspecified atom stereocenters. The van der Waals surface area contributed by atoms with Gasteiger partial charge in [-0.05, 0) is 43.6 Å². The Morgan fingerprint density at radius 1 is 1.47 bits per heavy atom. The number of fused-ring (bicyclic) bond motifs is 2. The first kappa shape index (κ1) is 11.1. The summed E-state index contributed by atoms with van der Waals surface area (Å²) in [5.74, 6) is 0.631. The van der Waals surface area contributed by atoms with E-state index in [-0.39, 0.29) is 0 Å². The minimum atomic E-state index is -3.38. The fourth-order valence-electron chi connectivity index (χ4n) is 2.94. The Hall–Kier alpha value is -0.350. The SMILES string of the molecule is C=C1CCC2CCCC1(OS(C)(=O)=O)C2. The van der Waals surface area contributed by atoms with E-state index in [0.29, 0.717) is 5.92 Å². The molecule has 2 fully saturated rings. The summed E-state index contributed by atoms with van der Waals surface area (Å²) >= 11 is 0. The van der Waals surface area contributed by atoms with Gasteiger partial charge in [0.05, 0.1) is 6.26 Å². The zero-order chi connectivity index (χ0) is 11.1. The van der Waals surface area contributed by atoms with Crippen LogP contribution in [0, 0.1) is 5.92 Å². The molecule has 2 aliphatic carbocycles. The van der Waals surface area contributed by atoms with Crippen LogP contribution < -0.4 is 0 Å². The first-order valence-corrected chi connectivity index (χ1v) is 7.32. The van der Waals surface area contributed by atoms with E-state index in [4.69, 9.17) is 4.18 Å². The maximum absolute atomic E-state index is 11.3. The van der Waals surface area contributed by atoms with Gasteiger partial charge in [-0.3, -0.25) is 4.18 Å². The van der Waals surface area contributed by atoms with Crippen molar-refractivity contribution in [2.75, 3.05) is 6.26 Å². The van der Waals surface area contributed by atoms with E-state index in [1.807, 2.05) is 0 Å². The van der Waals surface area contributed by atoms with Gasteiger partial charge in [0.15, 0.2) is 0 Å². The van der Waals surface area contributed by atoms with Crippen molar-refractivity contribution >= 4 is 10.1 Å². The van der Waals surface area contributed by atoms with Crippen LogP contribution in [-0.2, 0) is 14.3 Å². The Morgan fingerprint density at radius 3 is 2.87 bits per heavy atom. The van der Waals surface area contributed by atoms with E-state index in [0.717, 1.165) is 43.9 Å². The van der Waals surface area contributed by atoms with E-state index >= 15 is 0 Å². The molecule has 15 heavy (non-hydrogen) atoms. The highest BCUT2D eigenvalue weighted by atomic mass is 32.2. The summed E-state index contributed by atoms with van der Waals surface area (Å²) in [6, 6.07) is 0. The largest absolute Gasteiger partial charge is 0.265 e. The van der Waals surface area contributed by atoms with Crippen LogP contribution in [0.2, 0.25) is 0 Å². The average Bonchev–Trinajstić information content (AvgIpc) is 2.10. The molecule has 2 bridgehead atoms. The van der Waals surface area contributed by atoms with Crippen molar-refractivity contribution in [1.82, 2.24) is 0 Å². The lowest BCUT2D eigenvalue weighted by Crippen LogP contribution is -2.44. The summed E-state index contributed by atoms with van der Waals surface area (Å²) in [4.78, 5) is 0. The lowest BCUT2D eigenvalue weighted by Gasteiger charge is -2.45. The molecule has 0 aromatic carbocycles. The van der Waals surface area contributed by atoms with Crippen LogP contribution in [0.4, 0.5) is 0 Å². The van der Waals surface area contributed by atoms with E-state index in [9.17, 15) is 8.42 Å². The minimum absolute atomic E-state index is 0.561. The first-order chi connectivity index (χ1) is 6.91. The zero-order valence-electron chi connectivity index (χ0n) is 9.16. The van der Waals surface area contributed by atoms with Gasteiger partial charge in [0, 0.05) is 0 Å². The standard InChI is InChI=1S/C11H18O3S/c1-9-5-6-10-4-3-7-11(9,8-10)14-15(2,12)13/h10H,1,3-8H2,2H3. The highest BCUT2D eigenvalue weighted by Gasteiger charge is 2.45. The molecule has 0 spiro atoms. The van der Waals surface area contributed by atoms with Crippen LogP contribution >= 0.6 is 0 Å². The highest BCUT2D eigenvalue weighted by molar-refractivity contribution is 7.86. The lowest BCUT2D eigenvalue weighted by molar-refractivity contribution is 0.0262. The van der Waals surface area contributed by atoms with Crippen molar-refractivity contribution in [1.29, 1.82) is 0 Å². The molecule has 0 saturated heterocycles. The summed E-state index contributed by atoms with van der Waals surface area (Å²) in [6.45, 7) is 4.00. The third-order valence-electron chi connectivity index (χ3n) is 3.62. The van der Waals surface area contributed by atoms with Crippen molar-refractivity contribution < 1.29 is 12.6 Å². The molecule has 86 valence electrons. The third-order valence-corrected chi connectivity index (χ3v) is 4.24. The quantitative estimate of drug-likeness (QED) is 0.540. The van der Waals surface area contributed by atoms with E-state index < -0.39 is 15.7 Å². The second-order valence-electron chi connectivity index (χ2n) is 4.89. The predicted molar refractivity (Wildman–Crippen MR) is 59.0 cm³/mol. The summed E-state index contributed by atoms with van der Waals surface area (Å²) in [7, 11) is -3.38. The van der Waals surface area contributed by atoms with E-state index in [1.165, 1.54) is 6.42 Å². The molecule has 0 radical (unpaired) electrons. The van der Waals surface area contributed by atoms with Crippen LogP contribution in [0.25, 0.3) is 0 Å². The number of hydrogen-bond donors (Lipinski definition) is 0. The van der Waals surface area contributed by atoms with E-state index in [2.05, 4.69) is 6.58 Å². The first-order valence-electron chi connectivity index (χ1n) is 5.50. The molecule has 0 amide bonds. The summed E-state index contributed by atoms with van der Waals surface area (Å²) in [5, 5.41) is 0. The monoisotopic (exact) mass is 230 g/mol. The molecule has 0 aliphatic heterocycles. The van der Waals surface area contributed by atoms with Crippen molar-refractivity contribution in [2.24, 2.45) is 5.92 Å². The van der Waals surface area contributed by atoms with Crippen molar-refractivity contribution in [3.63, 3.8) is 0 Å². The van der Waals surface area contributed by atoms with Gasteiger partial charge >= 0.3 is 0 Å². The van der Waals surface area contributed by atoms with Gasteiger partial charge < -0.3 is 0 Å². The van der Waals surface area contributed by atoms with Crippen LogP contribution in [-0.4, -0.2) is 20.3 Å².